The highest BCUT2D eigenvalue weighted by molar-refractivity contribution is 9.10. The van der Waals surface area contributed by atoms with Crippen LogP contribution in [0.2, 0.25) is 0 Å². The van der Waals surface area contributed by atoms with Gasteiger partial charge >= 0.3 is 5.97 Å². The van der Waals surface area contributed by atoms with E-state index in [9.17, 15) is 4.79 Å². The maximum absolute atomic E-state index is 10.4. The number of rotatable bonds is 5. The summed E-state index contributed by atoms with van der Waals surface area (Å²) in [5, 5.41) is 8.56. The molecule has 1 atom stereocenters. The quantitative estimate of drug-likeness (QED) is 0.872. The molecule has 1 aromatic rings. The average molecular weight is 288 g/mol. The molecule has 0 bridgehead atoms. The molecule has 0 aliphatic heterocycles. The zero-order valence-corrected chi connectivity index (χ0v) is 10.5. The normalized spacial score (nSPS) is 12.2. The number of benzene rings is 1. The van der Waals surface area contributed by atoms with Crippen molar-refractivity contribution in [3.8, 4) is 5.75 Å². The van der Waals surface area contributed by atoms with E-state index in [1.54, 1.807) is 13.2 Å². The molecule has 0 spiro atoms. The van der Waals surface area contributed by atoms with Crippen molar-refractivity contribution >= 4 is 21.9 Å². The molecule has 0 saturated carbocycles. The van der Waals surface area contributed by atoms with E-state index in [1.165, 1.54) is 0 Å². The molecule has 5 heteroatoms. The van der Waals surface area contributed by atoms with Gasteiger partial charge in [-0.3, -0.25) is 4.79 Å². The highest BCUT2D eigenvalue weighted by atomic mass is 79.9. The molecule has 0 aliphatic carbocycles. The number of aliphatic carboxylic acids is 1. The molecule has 0 radical (unpaired) electrons. The summed E-state index contributed by atoms with van der Waals surface area (Å²) in [4.78, 5) is 10.4. The van der Waals surface area contributed by atoms with Crippen LogP contribution in [0.25, 0.3) is 0 Å². The molecule has 0 heterocycles. The Balaban J connectivity index is 2.72. The van der Waals surface area contributed by atoms with Crippen LogP contribution in [0.3, 0.4) is 0 Å². The maximum atomic E-state index is 10.4. The number of halogens is 1. The van der Waals surface area contributed by atoms with E-state index in [-0.39, 0.29) is 12.5 Å². The highest BCUT2D eigenvalue weighted by Gasteiger charge is 2.10. The summed E-state index contributed by atoms with van der Waals surface area (Å²) >= 11 is 3.36. The van der Waals surface area contributed by atoms with Gasteiger partial charge in [-0.05, 0) is 40.0 Å². The van der Waals surface area contributed by atoms with Crippen LogP contribution in [0.4, 0.5) is 0 Å². The number of carboxylic acid groups (broad SMARTS) is 1. The molecule has 1 aromatic carbocycles. The fraction of sp³-hybridized carbons (Fsp3) is 0.364. The summed E-state index contributed by atoms with van der Waals surface area (Å²) in [7, 11) is 1.59. The fourth-order valence-electron chi connectivity index (χ4n) is 1.36. The van der Waals surface area contributed by atoms with Gasteiger partial charge in [0.25, 0.3) is 0 Å². The molecule has 0 amide bonds. The van der Waals surface area contributed by atoms with Crippen molar-refractivity contribution in [2.24, 2.45) is 5.73 Å². The van der Waals surface area contributed by atoms with Gasteiger partial charge in [-0.1, -0.05) is 6.07 Å². The second-order valence-corrected chi connectivity index (χ2v) is 4.29. The van der Waals surface area contributed by atoms with E-state index in [0.717, 1.165) is 15.8 Å². The van der Waals surface area contributed by atoms with Gasteiger partial charge in [0.15, 0.2) is 0 Å². The monoisotopic (exact) mass is 287 g/mol. The zero-order chi connectivity index (χ0) is 12.1. The first-order valence-electron chi connectivity index (χ1n) is 4.85. The molecule has 16 heavy (non-hydrogen) atoms. The standard InChI is InChI=1S/C11H14BrNO3/c1-16-10-4-2-7(6-8(10)12)9(13)3-5-11(14)15/h2,4,6,9H,3,5,13H2,1H3,(H,14,15). The van der Waals surface area contributed by atoms with Crippen molar-refractivity contribution in [3.63, 3.8) is 0 Å². The van der Waals surface area contributed by atoms with Crippen LogP contribution in [0.1, 0.15) is 24.4 Å². The Morgan fingerprint density at radius 2 is 2.31 bits per heavy atom. The van der Waals surface area contributed by atoms with Crippen molar-refractivity contribution in [1.82, 2.24) is 0 Å². The average Bonchev–Trinajstić information content (AvgIpc) is 2.25. The molecular formula is C11H14BrNO3. The Bertz CT molecular complexity index is 381. The van der Waals surface area contributed by atoms with Gasteiger partial charge < -0.3 is 15.6 Å². The third-order valence-electron chi connectivity index (χ3n) is 2.27. The van der Waals surface area contributed by atoms with E-state index in [0.29, 0.717) is 6.42 Å². The molecule has 0 fully saturated rings. The van der Waals surface area contributed by atoms with Gasteiger partial charge in [0.2, 0.25) is 0 Å². The van der Waals surface area contributed by atoms with Crippen LogP contribution in [0.15, 0.2) is 22.7 Å². The largest absolute Gasteiger partial charge is 0.496 e. The second-order valence-electron chi connectivity index (χ2n) is 3.43. The zero-order valence-electron chi connectivity index (χ0n) is 8.94. The number of carbonyl (C=O) groups is 1. The first-order valence-corrected chi connectivity index (χ1v) is 5.64. The minimum absolute atomic E-state index is 0.0742. The van der Waals surface area contributed by atoms with Gasteiger partial charge in [0.1, 0.15) is 5.75 Å². The minimum atomic E-state index is -0.831. The molecule has 0 aliphatic rings. The van der Waals surface area contributed by atoms with Crippen molar-refractivity contribution in [3.05, 3.63) is 28.2 Å². The van der Waals surface area contributed by atoms with E-state index >= 15 is 0 Å². The maximum Gasteiger partial charge on any atom is 0.303 e. The lowest BCUT2D eigenvalue weighted by Crippen LogP contribution is -2.12. The van der Waals surface area contributed by atoms with Gasteiger partial charge in [0.05, 0.1) is 11.6 Å². The molecule has 0 saturated heterocycles. The Hall–Kier alpha value is -1.07. The van der Waals surface area contributed by atoms with Gasteiger partial charge in [-0.15, -0.1) is 0 Å². The molecular weight excluding hydrogens is 274 g/mol. The highest BCUT2D eigenvalue weighted by Crippen LogP contribution is 2.28. The van der Waals surface area contributed by atoms with Crippen LogP contribution in [0.5, 0.6) is 5.75 Å². The van der Waals surface area contributed by atoms with Crippen molar-refractivity contribution < 1.29 is 14.6 Å². The Morgan fingerprint density at radius 1 is 1.62 bits per heavy atom. The van der Waals surface area contributed by atoms with Crippen LogP contribution < -0.4 is 10.5 Å². The second kappa shape index (κ2) is 5.86. The summed E-state index contributed by atoms with van der Waals surface area (Å²) in [6, 6.07) is 5.24. The number of hydrogen-bond acceptors (Lipinski definition) is 3. The summed E-state index contributed by atoms with van der Waals surface area (Å²) in [6.07, 6.45) is 0.499. The first kappa shape index (κ1) is 13.0. The molecule has 0 aromatic heterocycles. The van der Waals surface area contributed by atoms with E-state index in [2.05, 4.69) is 15.9 Å². The molecule has 4 nitrogen and oxygen atoms in total. The van der Waals surface area contributed by atoms with E-state index in [4.69, 9.17) is 15.6 Å². The molecule has 88 valence electrons. The predicted octanol–water partition coefficient (Wildman–Crippen LogP) is 2.32. The van der Waals surface area contributed by atoms with Crippen molar-refractivity contribution in [2.75, 3.05) is 7.11 Å². The topological polar surface area (TPSA) is 72.5 Å². The smallest absolute Gasteiger partial charge is 0.303 e. The van der Waals surface area contributed by atoms with E-state index < -0.39 is 5.97 Å². The Kier molecular flexibility index (Phi) is 4.76. The lowest BCUT2D eigenvalue weighted by molar-refractivity contribution is -0.137. The Labute approximate surface area is 103 Å². The summed E-state index contributed by atoms with van der Waals surface area (Å²) in [5.41, 5.74) is 6.78. The number of methoxy groups -OCH3 is 1. The Morgan fingerprint density at radius 3 is 2.81 bits per heavy atom. The number of nitrogens with two attached hydrogens (primary N) is 1. The lowest BCUT2D eigenvalue weighted by atomic mass is 10.0. The van der Waals surface area contributed by atoms with Crippen LogP contribution in [-0.4, -0.2) is 18.2 Å². The molecule has 1 unspecified atom stereocenters. The molecule has 3 N–H and O–H groups in total. The SMILES string of the molecule is COc1ccc(C(N)CCC(=O)O)cc1Br. The van der Waals surface area contributed by atoms with Crippen molar-refractivity contribution in [1.29, 1.82) is 0 Å². The first-order chi connectivity index (χ1) is 7.54. The third-order valence-corrected chi connectivity index (χ3v) is 2.89. The lowest BCUT2D eigenvalue weighted by Gasteiger charge is -2.12. The van der Waals surface area contributed by atoms with Gasteiger partial charge in [-0.2, -0.15) is 0 Å². The van der Waals surface area contributed by atoms with E-state index in [1.807, 2.05) is 12.1 Å². The van der Waals surface area contributed by atoms with Gasteiger partial charge in [0, 0.05) is 12.5 Å². The molecule has 1 rings (SSSR count). The summed E-state index contributed by atoms with van der Waals surface area (Å²) in [6.45, 7) is 0. The number of hydrogen-bond donors (Lipinski definition) is 2. The number of carboxylic acids is 1. The van der Waals surface area contributed by atoms with Crippen LogP contribution in [-0.2, 0) is 4.79 Å². The fourth-order valence-corrected chi connectivity index (χ4v) is 1.92. The van der Waals surface area contributed by atoms with Crippen LogP contribution >= 0.6 is 15.9 Å². The van der Waals surface area contributed by atoms with Gasteiger partial charge in [-0.25, -0.2) is 0 Å². The minimum Gasteiger partial charge on any atom is -0.496 e. The van der Waals surface area contributed by atoms with Crippen LogP contribution in [0, 0.1) is 0 Å². The van der Waals surface area contributed by atoms with Crippen molar-refractivity contribution in [2.45, 2.75) is 18.9 Å². The third kappa shape index (κ3) is 3.50. The number of ether oxygens (including phenoxy) is 1. The summed E-state index contributed by atoms with van der Waals surface area (Å²) < 4.78 is 5.91. The summed E-state index contributed by atoms with van der Waals surface area (Å²) in [5.74, 6) is -0.0998. The predicted molar refractivity (Wildman–Crippen MR) is 64.5 cm³/mol.